The smallest absolute Gasteiger partial charge is 0.150 e. The van der Waals surface area contributed by atoms with Crippen molar-refractivity contribution in [3.63, 3.8) is 0 Å². The molecule has 0 saturated heterocycles. The molecule has 0 radical (unpaired) electrons. The Balaban J connectivity index is 2.55. The van der Waals surface area contributed by atoms with Crippen molar-refractivity contribution in [3.05, 3.63) is 58.6 Å². The maximum absolute atomic E-state index is 10.9. The summed E-state index contributed by atoms with van der Waals surface area (Å²) in [7, 11) is 0. The summed E-state index contributed by atoms with van der Waals surface area (Å²) in [4.78, 5) is 21.7. The Morgan fingerprint density at radius 3 is 2.50 bits per heavy atom. The molecule has 18 heavy (non-hydrogen) atoms. The molecule has 0 spiro atoms. The van der Waals surface area contributed by atoms with Gasteiger partial charge in [0.15, 0.2) is 6.29 Å². The molecule has 0 saturated carbocycles. The van der Waals surface area contributed by atoms with Crippen LogP contribution in [0.5, 0.6) is 0 Å². The van der Waals surface area contributed by atoms with E-state index in [1.54, 1.807) is 30.3 Å². The first-order chi connectivity index (χ1) is 8.63. The first-order valence-electron chi connectivity index (χ1n) is 5.19. The quantitative estimate of drug-likeness (QED) is 0.794. The molecule has 0 fully saturated rings. The van der Waals surface area contributed by atoms with Gasteiger partial charge in [-0.15, -0.1) is 0 Å². The summed E-state index contributed by atoms with van der Waals surface area (Å²) in [6.07, 6.45) is 0.746. The number of carboxylic acids is 1. The molecule has 2 rings (SSSR count). The van der Waals surface area contributed by atoms with Crippen LogP contribution in [0, 0.1) is 0 Å². The van der Waals surface area contributed by atoms with E-state index in [0.29, 0.717) is 16.7 Å². The molecule has 90 valence electrons. The lowest BCUT2D eigenvalue weighted by atomic mass is 9.99. The van der Waals surface area contributed by atoms with Gasteiger partial charge in [-0.1, -0.05) is 48.0 Å². The van der Waals surface area contributed by atoms with Gasteiger partial charge < -0.3 is 9.90 Å². The van der Waals surface area contributed by atoms with Gasteiger partial charge in [0.05, 0.1) is 11.0 Å². The van der Waals surface area contributed by atoms with Crippen LogP contribution in [0.25, 0.3) is 11.1 Å². The highest BCUT2D eigenvalue weighted by Gasteiger charge is 2.07. The summed E-state index contributed by atoms with van der Waals surface area (Å²) in [6, 6.07) is 11.5. The molecule has 2 aromatic carbocycles. The van der Waals surface area contributed by atoms with Crippen molar-refractivity contribution in [2.45, 2.75) is 0 Å². The average Bonchev–Trinajstić information content (AvgIpc) is 2.38. The van der Waals surface area contributed by atoms with Crippen molar-refractivity contribution in [2.75, 3.05) is 0 Å². The number of aromatic carboxylic acids is 1. The van der Waals surface area contributed by atoms with Crippen LogP contribution < -0.4 is 5.11 Å². The average molecular weight is 260 g/mol. The molecule has 0 aliphatic rings. The SMILES string of the molecule is O=Cc1ccccc1-c1ccc(C(=O)[O-])c(Cl)c1. The lowest BCUT2D eigenvalue weighted by molar-refractivity contribution is -0.255. The van der Waals surface area contributed by atoms with E-state index in [0.717, 1.165) is 6.29 Å². The number of carbonyl (C=O) groups excluding carboxylic acids is 2. The molecule has 0 aliphatic heterocycles. The van der Waals surface area contributed by atoms with Crippen molar-refractivity contribution < 1.29 is 14.7 Å². The minimum Gasteiger partial charge on any atom is -0.545 e. The van der Waals surface area contributed by atoms with Gasteiger partial charge in [-0.25, -0.2) is 0 Å². The molecule has 0 unspecified atom stereocenters. The summed E-state index contributed by atoms with van der Waals surface area (Å²) in [5.41, 5.74) is 1.85. The molecule has 0 atom stereocenters. The molecule has 0 aliphatic carbocycles. The van der Waals surface area contributed by atoms with Gasteiger partial charge >= 0.3 is 0 Å². The Morgan fingerprint density at radius 2 is 1.89 bits per heavy atom. The number of aldehydes is 1. The lowest BCUT2D eigenvalue weighted by Gasteiger charge is -2.09. The van der Waals surface area contributed by atoms with Gasteiger partial charge in [0.25, 0.3) is 0 Å². The van der Waals surface area contributed by atoms with E-state index in [1.807, 2.05) is 0 Å². The lowest BCUT2D eigenvalue weighted by Crippen LogP contribution is -2.22. The van der Waals surface area contributed by atoms with Crippen LogP contribution in [0.4, 0.5) is 0 Å². The molecule has 0 amide bonds. The Kier molecular flexibility index (Phi) is 3.44. The van der Waals surface area contributed by atoms with Gasteiger partial charge in [-0.2, -0.15) is 0 Å². The van der Waals surface area contributed by atoms with E-state index in [4.69, 9.17) is 11.6 Å². The van der Waals surface area contributed by atoms with E-state index >= 15 is 0 Å². The predicted octanol–water partition coefficient (Wildman–Crippen LogP) is 2.18. The Morgan fingerprint density at radius 1 is 1.17 bits per heavy atom. The molecule has 2 aromatic rings. The van der Waals surface area contributed by atoms with Gasteiger partial charge in [0.2, 0.25) is 0 Å². The number of hydrogen-bond donors (Lipinski definition) is 0. The fourth-order valence-electron chi connectivity index (χ4n) is 1.71. The molecular weight excluding hydrogens is 252 g/mol. The van der Waals surface area contributed by atoms with Gasteiger partial charge in [0.1, 0.15) is 0 Å². The number of hydrogen-bond acceptors (Lipinski definition) is 3. The molecule has 0 aromatic heterocycles. The second kappa shape index (κ2) is 5.02. The fourth-order valence-corrected chi connectivity index (χ4v) is 1.97. The Hall–Kier alpha value is -2.13. The van der Waals surface area contributed by atoms with E-state index in [9.17, 15) is 14.7 Å². The first-order valence-corrected chi connectivity index (χ1v) is 5.56. The largest absolute Gasteiger partial charge is 0.545 e. The topological polar surface area (TPSA) is 57.2 Å². The second-order valence-electron chi connectivity index (χ2n) is 3.69. The molecule has 0 bridgehead atoms. The molecule has 4 heteroatoms. The fraction of sp³-hybridized carbons (Fsp3) is 0. The zero-order valence-corrected chi connectivity index (χ0v) is 9.98. The van der Waals surface area contributed by atoms with Crippen LogP contribution in [-0.4, -0.2) is 12.3 Å². The van der Waals surface area contributed by atoms with E-state index in [2.05, 4.69) is 0 Å². The van der Waals surface area contributed by atoms with Crippen molar-refractivity contribution >= 4 is 23.9 Å². The summed E-state index contributed by atoms with van der Waals surface area (Å²) < 4.78 is 0. The first kappa shape index (κ1) is 12.3. The highest BCUT2D eigenvalue weighted by Crippen LogP contribution is 2.27. The Labute approximate surface area is 109 Å². The van der Waals surface area contributed by atoms with Crippen LogP contribution in [0.2, 0.25) is 5.02 Å². The summed E-state index contributed by atoms with van der Waals surface area (Å²) in [5.74, 6) is -1.32. The van der Waals surface area contributed by atoms with Gasteiger partial charge in [-0.05, 0) is 17.2 Å². The maximum atomic E-state index is 10.9. The standard InChI is InChI=1S/C14H9ClO3/c15-13-7-9(5-6-12(13)14(17)18)11-4-2-1-3-10(11)8-16/h1-8H,(H,17,18)/p-1. The number of benzene rings is 2. The summed E-state index contributed by atoms with van der Waals surface area (Å²) in [5, 5.41) is 10.8. The second-order valence-corrected chi connectivity index (χ2v) is 4.09. The van der Waals surface area contributed by atoms with Crippen molar-refractivity contribution in [1.29, 1.82) is 0 Å². The van der Waals surface area contributed by atoms with E-state index in [-0.39, 0.29) is 10.6 Å². The van der Waals surface area contributed by atoms with Gasteiger partial charge in [-0.3, -0.25) is 4.79 Å². The number of carboxylic acid groups (broad SMARTS) is 1. The number of halogens is 1. The maximum Gasteiger partial charge on any atom is 0.150 e. The number of rotatable bonds is 3. The van der Waals surface area contributed by atoms with Crippen molar-refractivity contribution in [1.82, 2.24) is 0 Å². The molecule has 0 N–H and O–H groups in total. The van der Waals surface area contributed by atoms with Crippen molar-refractivity contribution in [2.24, 2.45) is 0 Å². The monoisotopic (exact) mass is 259 g/mol. The normalized spacial score (nSPS) is 10.1. The Bertz CT molecular complexity index is 620. The van der Waals surface area contributed by atoms with Crippen LogP contribution in [0.15, 0.2) is 42.5 Å². The van der Waals surface area contributed by atoms with Crippen LogP contribution in [-0.2, 0) is 0 Å². The van der Waals surface area contributed by atoms with Crippen molar-refractivity contribution in [3.8, 4) is 11.1 Å². The van der Waals surface area contributed by atoms with Gasteiger partial charge in [0, 0.05) is 11.1 Å². The molecule has 0 heterocycles. The third-order valence-corrected chi connectivity index (χ3v) is 2.90. The zero-order chi connectivity index (χ0) is 13.1. The highest BCUT2D eigenvalue weighted by atomic mass is 35.5. The van der Waals surface area contributed by atoms with Crippen LogP contribution in [0.1, 0.15) is 20.7 Å². The summed E-state index contributed by atoms with van der Waals surface area (Å²) >= 11 is 5.86. The number of carbonyl (C=O) groups is 2. The van der Waals surface area contributed by atoms with Crippen LogP contribution in [0.3, 0.4) is 0 Å². The van der Waals surface area contributed by atoms with Crippen LogP contribution >= 0.6 is 11.6 Å². The molecule has 3 nitrogen and oxygen atoms in total. The van der Waals surface area contributed by atoms with E-state index in [1.165, 1.54) is 12.1 Å². The molecular formula is C14H8ClO3-. The summed E-state index contributed by atoms with van der Waals surface area (Å²) in [6.45, 7) is 0. The third-order valence-electron chi connectivity index (χ3n) is 2.59. The minimum absolute atomic E-state index is 0.0657. The predicted molar refractivity (Wildman–Crippen MR) is 66.6 cm³/mol. The minimum atomic E-state index is -1.32. The highest BCUT2D eigenvalue weighted by molar-refractivity contribution is 6.33. The third kappa shape index (κ3) is 2.26. The zero-order valence-electron chi connectivity index (χ0n) is 9.22. The van der Waals surface area contributed by atoms with E-state index < -0.39 is 5.97 Å².